The summed E-state index contributed by atoms with van der Waals surface area (Å²) in [7, 11) is 0.0522. The monoisotopic (exact) mass is 425 g/mol. The molecule has 30 heavy (non-hydrogen) atoms. The van der Waals surface area contributed by atoms with Crippen LogP contribution in [0.3, 0.4) is 0 Å². The molecule has 0 saturated heterocycles. The number of carbonyl (C=O) groups excluding carboxylic acids is 1. The Labute approximate surface area is 178 Å². The number of nitrogens with zero attached hydrogens (tertiary/aromatic N) is 1. The van der Waals surface area contributed by atoms with E-state index in [1.54, 1.807) is 36.4 Å². The van der Waals surface area contributed by atoms with Crippen LogP contribution in [0.4, 0.5) is 17.1 Å². The summed E-state index contributed by atoms with van der Waals surface area (Å²) in [5, 5.41) is 4.35. The van der Waals surface area contributed by atoms with Crippen molar-refractivity contribution in [3.8, 4) is 0 Å². The predicted molar refractivity (Wildman–Crippen MR) is 124 cm³/mol. The highest BCUT2D eigenvalue weighted by Crippen LogP contribution is 2.31. The van der Waals surface area contributed by atoms with Crippen molar-refractivity contribution in [2.45, 2.75) is 25.7 Å². The van der Waals surface area contributed by atoms with Crippen molar-refractivity contribution in [2.24, 2.45) is 5.41 Å². The predicted octanol–water partition coefficient (Wildman–Crippen LogP) is 4.69. The quantitative estimate of drug-likeness (QED) is 0.622. The van der Waals surface area contributed by atoms with Gasteiger partial charge in [0.15, 0.2) is 0 Å². The van der Waals surface area contributed by atoms with Gasteiger partial charge in [0, 0.05) is 47.3 Å². The Morgan fingerprint density at radius 3 is 2.00 bits per heavy atom. The number of nitrogens with one attached hydrogen (secondary N) is 2. The van der Waals surface area contributed by atoms with Crippen molar-refractivity contribution >= 4 is 43.8 Å². The average Bonchev–Trinajstić information content (AvgIpc) is 2.67. The van der Waals surface area contributed by atoms with Crippen LogP contribution in [0.5, 0.6) is 0 Å². The molecule has 0 aliphatic heterocycles. The zero-order chi connectivity index (χ0) is 22.1. The lowest BCUT2D eigenvalue weighted by atomic mass is 9.95. The van der Waals surface area contributed by atoms with Gasteiger partial charge in [-0.25, -0.2) is 8.42 Å². The summed E-state index contributed by atoms with van der Waals surface area (Å²) < 4.78 is 28.8. The van der Waals surface area contributed by atoms with E-state index in [4.69, 9.17) is 0 Å². The maximum atomic E-state index is 13.1. The maximum Gasteiger partial charge on any atom is 0.262 e. The lowest BCUT2D eigenvalue weighted by molar-refractivity contribution is -0.123. The van der Waals surface area contributed by atoms with Gasteiger partial charge in [0.05, 0.1) is 4.90 Å². The van der Waals surface area contributed by atoms with Crippen LogP contribution in [0.25, 0.3) is 10.8 Å². The summed E-state index contributed by atoms with van der Waals surface area (Å²) in [6.45, 7) is 5.49. The molecule has 3 aromatic rings. The van der Waals surface area contributed by atoms with E-state index < -0.39 is 15.4 Å². The molecule has 2 N–H and O–H groups in total. The number of amides is 1. The van der Waals surface area contributed by atoms with Crippen LogP contribution >= 0.6 is 0 Å². The van der Waals surface area contributed by atoms with Crippen molar-refractivity contribution in [3.63, 3.8) is 0 Å². The highest BCUT2D eigenvalue weighted by atomic mass is 32.2. The number of benzene rings is 3. The number of carbonyl (C=O) groups is 1. The van der Waals surface area contributed by atoms with Crippen LogP contribution < -0.4 is 14.9 Å². The molecule has 0 bridgehead atoms. The minimum atomic E-state index is -3.80. The molecule has 0 aliphatic carbocycles. The summed E-state index contributed by atoms with van der Waals surface area (Å²) in [5.41, 5.74) is 1.46. The van der Waals surface area contributed by atoms with Gasteiger partial charge in [0.25, 0.3) is 10.0 Å². The second-order valence-corrected chi connectivity index (χ2v) is 10.1. The van der Waals surface area contributed by atoms with Gasteiger partial charge >= 0.3 is 0 Å². The van der Waals surface area contributed by atoms with Crippen LogP contribution in [0, 0.1) is 5.41 Å². The lowest BCUT2D eigenvalue weighted by Crippen LogP contribution is -2.27. The Kier molecular flexibility index (Phi) is 5.76. The first-order valence-electron chi connectivity index (χ1n) is 9.62. The van der Waals surface area contributed by atoms with Gasteiger partial charge in [0.1, 0.15) is 0 Å². The van der Waals surface area contributed by atoms with Gasteiger partial charge in [-0.2, -0.15) is 0 Å². The van der Waals surface area contributed by atoms with E-state index in [0.717, 1.165) is 11.1 Å². The van der Waals surface area contributed by atoms with Gasteiger partial charge in [-0.05, 0) is 36.4 Å². The fourth-order valence-electron chi connectivity index (χ4n) is 3.04. The highest BCUT2D eigenvalue weighted by Gasteiger charge is 2.21. The summed E-state index contributed by atoms with van der Waals surface area (Å²) in [4.78, 5) is 14.3. The summed E-state index contributed by atoms with van der Waals surface area (Å²) in [5.74, 6) is -0.108. The Morgan fingerprint density at radius 1 is 0.833 bits per heavy atom. The summed E-state index contributed by atoms with van der Waals surface area (Å²) >= 11 is 0. The second kappa shape index (κ2) is 7.99. The number of hydrogen-bond donors (Lipinski definition) is 2. The van der Waals surface area contributed by atoms with Crippen LogP contribution in [-0.4, -0.2) is 28.4 Å². The summed E-state index contributed by atoms with van der Waals surface area (Å²) in [6.07, 6.45) is 0. The molecule has 0 fully saturated rings. The molecule has 0 aliphatic rings. The maximum absolute atomic E-state index is 13.1. The van der Waals surface area contributed by atoms with Crippen molar-refractivity contribution in [2.75, 3.05) is 29.0 Å². The molecule has 0 aromatic heterocycles. The smallest absolute Gasteiger partial charge is 0.262 e. The van der Waals surface area contributed by atoms with Crippen molar-refractivity contribution in [1.29, 1.82) is 0 Å². The van der Waals surface area contributed by atoms with Gasteiger partial charge in [-0.15, -0.1) is 0 Å². The van der Waals surface area contributed by atoms with Gasteiger partial charge < -0.3 is 10.2 Å². The first-order chi connectivity index (χ1) is 14.0. The van der Waals surface area contributed by atoms with Gasteiger partial charge in [-0.3, -0.25) is 9.52 Å². The van der Waals surface area contributed by atoms with Crippen molar-refractivity contribution in [3.05, 3.63) is 60.7 Å². The van der Waals surface area contributed by atoms with Crippen LogP contribution in [-0.2, 0) is 14.8 Å². The van der Waals surface area contributed by atoms with E-state index in [0.29, 0.717) is 16.8 Å². The molecule has 6 nitrogen and oxygen atoms in total. The highest BCUT2D eigenvalue weighted by molar-refractivity contribution is 7.93. The molecule has 0 saturated carbocycles. The fraction of sp³-hybridized carbons (Fsp3) is 0.261. The third-order valence-corrected chi connectivity index (χ3v) is 6.15. The fourth-order valence-corrected chi connectivity index (χ4v) is 4.32. The number of sulfonamides is 1. The van der Waals surface area contributed by atoms with E-state index in [1.165, 1.54) is 0 Å². The second-order valence-electron chi connectivity index (χ2n) is 8.41. The molecule has 3 aromatic carbocycles. The van der Waals surface area contributed by atoms with E-state index in [2.05, 4.69) is 10.0 Å². The molecule has 7 heteroatoms. The zero-order valence-electron chi connectivity index (χ0n) is 17.9. The third-order valence-electron chi connectivity index (χ3n) is 4.71. The molecule has 158 valence electrons. The number of anilines is 3. The molecular formula is C23H27N3O3S. The number of hydrogen-bond acceptors (Lipinski definition) is 4. The Morgan fingerprint density at radius 2 is 1.40 bits per heavy atom. The molecular weight excluding hydrogens is 398 g/mol. The molecule has 0 atom stereocenters. The topological polar surface area (TPSA) is 78.5 Å². The Hall–Kier alpha value is -3.06. The SMILES string of the molecule is CN(C)c1cccc2c(S(=O)(=O)Nc3ccc(NC(=O)C(C)(C)C)cc3)cccc12. The van der Waals surface area contributed by atoms with Gasteiger partial charge in [0.2, 0.25) is 5.91 Å². The molecule has 3 rings (SSSR count). The lowest BCUT2D eigenvalue weighted by Gasteiger charge is -2.18. The summed E-state index contributed by atoms with van der Waals surface area (Å²) in [6, 6.07) is 17.5. The Bertz CT molecular complexity index is 1180. The zero-order valence-corrected chi connectivity index (χ0v) is 18.7. The molecule has 0 radical (unpaired) electrons. The normalized spacial score (nSPS) is 11.9. The van der Waals surface area contributed by atoms with Crippen LogP contribution in [0.1, 0.15) is 20.8 Å². The minimum absolute atomic E-state index is 0.108. The molecule has 0 unspecified atom stereocenters. The van der Waals surface area contributed by atoms with E-state index >= 15 is 0 Å². The van der Waals surface area contributed by atoms with E-state index in [-0.39, 0.29) is 10.8 Å². The molecule has 0 spiro atoms. The van der Waals surface area contributed by atoms with E-state index in [1.807, 2.05) is 64.0 Å². The van der Waals surface area contributed by atoms with E-state index in [9.17, 15) is 13.2 Å². The van der Waals surface area contributed by atoms with Crippen LogP contribution in [0.2, 0.25) is 0 Å². The third kappa shape index (κ3) is 4.57. The van der Waals surface area contributed by atoms with Crippen LogP contribution in [0.15, 0.2) is 65.6 Å². The molecule has 0 heterocycles. The Balaban J connectivity index is 1.89. The van der Waals surface area contributed by atoms with Crippen molar-refractivity contribution < 1.29 is 13.2 Å². The standard InChI is InChI=1S/C23H27N3O3S/c1-23(2,3)22(27)24-16-12-14-17(15-13-16)25-30(28,29)21-11-7-8-18-19(21)9-6-10-20(18)26(4)5/h6-15,25H,1-5H3,(H,24,27). The van der Waals surface area contributed by atoms with Gasteiger partial charge in [-0.1, -0.05) is 45.0 Å². The average molecular weight is 426 g/mol. The van der Waals surface area contributed by atoms with Crippen molar-refractivity contribution in [1.82, 2.24) is 0 Å². The molecule has 1 amide bonds. The number of rotatable bonds is 5. The first kappa shape index (κ1) is 21.6. The number of fused-ring (bicyclic) bond motifs is 1. The first-order valence-corrected chi connectivity index (χ1v) is 11.1. The minimum Gasteiger partial charge on any atom is -0.377 e. The largest absolute Gasteiger partial charge is 0.377 e.